The molecule has 0 aliphatic rings. The van der Waals surface area contributed by atoms with E-state index < -0.39 is 21.6 Å². The van der Waals surface area contributed by atoms with Crippen molar-refractivity contribution in [1.82, 2.24) is 29.9 Å². The first kappa shape index (κ1) is 38.9. The smallest absolute Gasteiger partial charge is 0.245 e. The van der Waals surface area contributed by atoms with Crippen LogP contribution in [0.15, 0.2) is 131 Å². The van der Waals surface area contributed by atoms with E-state index in [1.165, 1.54) is 12.1 Å². The number of hydrogen-bond donors (Lipinski definition) is 2. The molecule has 0 bridgehead atoms. The number of carbonyl (C=O) groups is 1. The van der Waals surface area contributed by atoms with Crippen LogP contribution < -0.4 is 19.5 Å². The third-order valence-corrected chi connectivity index (χ3v) is 10.8. The molecule has 0 radical (unpaired) electrons. The number of sulfonamides is 1. The van der Waals surface area contributed by atoms with Crippen molar-refractivity contribution in [3.8, 4) is 22.8 Å². The predicted octanol–water partition coefficient (Wildman–Crippen LogP) is 6.40. The standard InChI is InChI=1S/C42H46N6O6S/c1-29(2)40(41(49)43-26-36-22-23-37(54-36)27-47(3)4)48-28-39(44-46-48)30-12-24-38(25-13-30)55(50,51)45-42(31-10-8-7-9-11-31,32-14-18-34(52-5)19-15-32)33-16-20-35(53-6)21-17-33/h7-25,28-29,40,45H,26-27H2,1-6H3,(H,43,49)/t40-/m0/s1. The third kappa shape index (κ3) is 8.64. The Morgan fingerprint density at radius 2 is 1.36 bits per heavy atom. The maximum Gasteiger partial charge on any atom is 0.245 e. The van der Waals surface area contributed by atoms with Crippen molar-refractivity contribution in [3.05, 3.63) is 150 Å². The molecule has 0 saturated carbocycles. The Hall–Kier alpha value is -5.76. The lowest BCUT2D eigenvalue weighted by Crippen LogP contribution is -2.47. The zero-order valence-electron chi connectivity index (χ0n) is 31.8. The van der Waals surface area contributed by atoms with Gasteiger partial charge in [-0.3, -0.25) is 4.79 Å². The fourth-order valence-electron chi connectivity index (χ4n) is 6.58. The van der Waals surface area contributed by atoms with Gasteiger partial charge >= 0.3 is 0 Å². The number of hydrogen-bond acceptors (Lipinski definition) is 9. The molecule has 0 aliphatic heterocycles. The average Bonchev–Trinajstić information content (AvgIpc) is 3.86. The highest BCUT2D eigenvalue weighted by atomic mass is 32.2. The van der Waals surface area contributed by atoms with Gasteiger partial charge in [-0.15, -0.1) is 5.10 Å². The van der Waals surface area contributed by atoms with Crippen LogP contribution in [-0.2, 0) is 33.4 Å². The van der Waals surface area contributed by atoms with Crippen LogP contribution in [0.1, 0.15) is 48.1 Å². The summed E-state index contributed by atoms with van der Waals surface area (Å²) in [5.41, 5.74) is 1.87. The van der Waals surface area contributed by atoms with Gasteiger partial charge in [0.25, 0.3) is 0 Å². The Kier molecular flexibility index (Phi) is 11.8. The number of ether oxygens (including phenoxy) is 2. The van der Waals surface area contributed by atoms with Gasteiger partial charge in [-0.1, -0.05) is 85.8 Å². The average molecular weight is 763 g/mol. The van der Waals surface area contributed by atoms with Crippen LogP contribution in [0, 0.1) is 5.92 Å². The summed E-state index contributed by atoms with van der Waals surface area (Å²) in [6.07, 6.45) is 1.70. The number of furan rings is 1. The molecule has 12 nitrogen and oxygen atoms in total. The van der Waals surface area contributed by atoms with Crippen LogP contribution in [-0.4, -0.2) is 62.5 Å². The quantitative estimate of drug-likeness (QED) is 0.107. The fraction of sp³-hybridized carbons (Fsp3) is 0.262. The Morgan fingerprint density at radius 3 is 1.91 bits per heavy atom. The summed E-state index contributed by atoms with van der Waals surface area (Å²) in [5.74, 6) is 2.43. The summed E-state index contributed by atoms with van der Waals surface area (Å²) in [7, 11) is 2.92. The fourth-order valence-corrected chi connectivity index (χ4v) is 7.95. The van der Waals surface area contributed by atoms with Gasteiger partial charge in [-0.2, -0.15) is 4.72 Å². The van der Waals surface area contributed by atoms with E-state index in [2.05, 4.69) is 20.4 Å². The van der Waals surface area contributed by atoms with E-state index in [1.807, 2.05) is 99.6 Å². The van der Waals surface area contributed by atoms with Gasteiger partial charge in [-0.05, 0) is 85.2 Å². The highest BCUT2D eigenvalue weighted by Gasteiger charge is 2.41. The van der Waals surface area contributed by atoms with Crippen LogP contribution >= 0.6 is 0 Å². The zero-order chi connectivity index (χ0) is 39.2. The molecule has 6 aromatic rings. The largest absolute Gasteiger partial charge is 0.497 e. The van der Waals surface area contributed by atoms with Crippen molar-refractivity contribution >= 4 is 15.9 Å². The number of benzene rings is 4. The molecule has 1 amide bonds. The molecular formula is C42H46N6O6S. The minimum atomic E-state index is -4.17. The molecule has 0 unspecified atom stereocenters. The number of carbonyl (C=O) groups excluding carboxylic acids is 1. The van der Waals surface area contributed by atoms with Crippen molar-refractivity contribution in [2.75, 3.05) is 28.3 Å². The van der Waals surface area contributed by atoms with Crippen LogP contribution in [0.25, 0.3) is 11.3 Å². The lowest BCUT2D eigenvalue weighted by molar-refractivity contribution is -0.126. The van der Waals surface area contributed by atoms with Crippen molar-refractivity contribution in [1.29, 1.82) is 0 Å². The number of methoxy groups -OCH3 is 2. The van der Waals surface area contributed by atoms with Crippen LogP contribution in [0.5, 0.6) is 11.5 Å². The topological polar surface area (TPSA) is 141 Å². The van der Waals surface area contributed by atoms with Crippen molar-refractivity contribution < 1.29 is 27.1 Å². The van der Waals surface area contributed by atoms with E-state index in [0.717, 1.165) is 5.76 Å². The summed E-state index contributed by atoms with van der Waals surface area (Å²) in [6.45, 7) is 4.78. The van der Waals surface area contributed by atoms with Gasteiger partial charge in [0.2, 0.25) is 15.9 Å². The molecule has 1 atom stereocenters. The van der Waals surface area contributed by atoms with E-state index >= 15 is 0 Å². The molecule has 4 aromatic carbocycles. The predicted molar refractivity (Wildman–Crippen MR) is 210 cm³/mol. The number of aromatic nitrogens is 3. The molecule has 55 heavy (non-hydrogen) atoms. The molecule has 13 heteroatoms. The highest BCUT2D eigenvalue weighted by molar-refractivity contribution is 7.89. The summed E-state index contributed by atoms with van der Waals surface area (Å²) >= 11 is 0. The van der Waals surface area contributed by atoms with E-state index in [4.69, 9.17) is 13.9 Å². The summed E-state index contributed by atoms with van der Waals surface area (Å²) in [6, 6.07) is 33.6. The number of nitrogens with one attached hydrogen (secondary N) is 2. The second kappa shape index (κ2) is 16.7. The second-order valence-corrected chi connectivity index (χ2v) is 15.5. The van der Waals surface area contributed by atoms with E-state index in [0.29, 0.717) is 51.8 Å². The molecule has 6 rings (SSSR count). The van der Waals surface area contributed by atoms with Gasteiger partial charge in [-0.25, -0.2) is 13.1 Å². The van der Waals surface area contributed by atoms with E-state index in [1.54, 1.807) is 61.5 Å². The summed E-state index contributed by atoms with van der Waals surface area (Å²) < 4.78 is 50.3. The number of amides is 1. The number of nitrogens with zero attached hydrogens (tertiary/aromatic N) is 4. The van der Waals surface area contributed by atoms with Gasteiger partial charge in [0.05, 0.1) is 38.4 Å². The molecule has 2 aromatic heterocycles. The molecular weight excluding hydrogens is 717 g/mol. The Bertz CT molecular complexity index is 2240. The van der Waals surface area contributed by atoms with Gasteiger partial charge in [0.15, 0.2) is 0 Å². The Morgan fingerprint density at radius 1 is 0.800 bits per heavy atom. The van der Waals surface area contributed by atoms with Crippen LogP contribution in [0.3, 0.4) is 0 Å². The molecule has 0 spiro atoms. The van der Waals surface area contributed by atoms with Gasteiger partial charge < -0.3 is 24.1 Å². The van der Waals surface area contributed by atoms with Crippen LogP contribution in [0.4, 0.5) is 0 Å². The lowest BCUT2D eigenvalue weighted by Gasteiger charge is -2.36. The van der Waals surface area contributed by atoms with E-state index in [9.17, 15) is 13.2 Å². The van der Waals surface area contributed by atoms with Gasteiger partial charge in [0.1, 0.15) is 40.3 Å². The van der Waals surface area contributed by atoms with Crippen molar-refractivity contribution in [3.63, 3.8) is 0 Å². The van der Waals surface area contributed by atoms with Gasteiger partial charge in [0, 0.05) is 5.56 Å². The molecule has 286 valence electrons. The molecule has 0 saturated heterocycles. The minimum Gasteiger partial charge on any atom is -0.497 e. The highest BCUT2D eigenvalue weighted by Crippen LogP contribution is 2.40. The second-order valence-electron chi connectivity index (χ2n) is 13.8. The maximum absolute atomic E-state index is 14.5. The Balaban J connectivity index is 1.27. The van der Waals surface area contributed by atoms with Crippen molar-refractivity contribution in [2.24, 2.45) is 5.92 Å². The summed E-state index contributed by atoms with van der Waals surface area (Å²) in [5, 5.41) is 11.6. The lowest BCUT2D eigenvalue weighted by atomic mass is 9.78. The normalized spacial score (nSPS) is 12.5. The minimum absolute atomic E-state index is 0.0528. The SMILES string of the molecule is COc1ccc(C(NS(=O)(=O)c2ccc(-c3cn([C@H](C(=O)NCc4ccc(CN(C)C)o4)C(C)C)nn3)cc2)(c2ccccc2)c2ccc(OC)cc2)cc1. The first-order valence-corrected chi connectivity index (χ1v) is 19.3. The van der Waals surface area contributed by atoms with E-state index in [-0.39, 0.29) is 23.3 Å². The zero-order valence-corrected chi connectivity index (χ0v) is 32.6. The molecule has 0 aliphatic carbocycles. The third-order valence-electron chi connectivity index (χ3n) is 9.32. The van der Waals surface area contributed by atoms with Crippen molar-refractivity contribution in [2.45, 2.75) is 43.4 Å². The first-order valence-electron chi connectivity index (χ1n) is 17.8. The maximum atomic E-state index is 14.5. The summed E-state index contributed by atoms with van der Waals surface area (Å²) in [4.78, 5) is 15.5. The number of rotatable bonds is 16. The monoisotopic (exact) mass is 762 g/mol. The van der Waals surface area contributed by atoms with Crippen LogP contribution in [0.2, 0.25) is 0 Å². The molecule has 2 N–H and O–H groups in total. The molecule has 2 heterocycles. The first-order chi connectivity index (χ1) is 26.4. The Labute approximate surface area is 322 Å². The molecule has 0 fully saturated rings.